The summed E-state index contributed by atoms with van der Waals surface area (Å²) in [6.45, 7) is 0. The number of pyridine rings is 1. The summed E-state index contributed by atoms with van der Waals surface area (Å²) in [6, 6.07) is 7.67. The molecule has 0 atom stereocenters. The Kier molecular flexibility index (Phi) is 4.17. The van der Waals surface area contributed by atoms with Gasteiger partial charge in [-0.1, -0.05) is 33.8 Å². The molecule has 0 aliphatic rings. The first-order valence-corrected chi connectivity index (χ1v) is 8.46. The van der Waals surface area contributed by atoms with Gasteiger partial charge in [-0.3, -0.25) is 0 Å². The molecular formula is C15H13BrN4OS. The van der Waals surface area contributed by atoms with Crippen LogP contribution in [0.15, 0.2) is 40.1 Å². The lowest BCUT2D eigenvalue weighted by molar-refractivity contribution is 0.416. The molecule has 0 fully saturated rings. The zero-order valence-electron chi connectivity index (χ0n) is 12.0. The second-order valence-electron chi connectivity index (χ2n) is 4.51. The molecule has 22 heavy (non-hydrogen) atoms. The minimum absolute atomic E-state index is 0.406. The molecular weight excluding hydrogens is 364 g/mol. The van der Waals surface area contributed by atoms with Crippen LogP contribution in [0.5, 0.6) is 5.75 Å². The number of aromatic nitrogens is 3. The van der Waals surface area contributed by atoms with Crippen molar-refractivity contribution in [2.24, 2.45) is 0 Å². The van der Waals surface area contributed by atoms with Gasteiger partial charge in [0.15, 0.2) is 10.8 Å². The fraction of sp³-hybridized carbons (Fsp3) is 0.133. The standard InChI is InChI=1S/C15H13BrN4OS/c1-21-11-5-3-4-10(16)12(11)9-6-8-7-18-15(22-2)20-14(8)19-13(9)17/h3-7H,1-2H3,(H2,17,18,19,20). The van der Waals surface area contributed by atoms with Gasteiger partial charge in [-0.15, -0.1) is 0 Å². The van der Waals surface area contributed by atoms with Crippen molar-refractivity contribution < 1.29 is 4.74 Å². The van der Waals surface area contributed by atoms with Gasteiger partial charge in [0.05, 0.1) is 7.11 Å². The van der Waals surface area contributed by atoms with E-state index in [1.54, 1.807) is 13.3 Å². The van der Waals surface area contributed by atoms with E-state index in [2.05, 4.69) is 30.9 Å². The highest BCUT2D eigenvalue weighted by molar-refractivity contribution is 9.10. The van der Waals surface area contributed by atoms with Gasteiger partial charge in [-0.25, -0.2) is 15.0 Å². The van der Waals surface area contributed by atoms with Crippen LogP contribution >= 0.6 is 27.7 Å². The van der Waals surface area contributed by atoms with Crippen LogP contribution in [-0.2, 0) is 0 Å². The number of anilines is 1. The van der Waals surface area contributed by atoms with E-state index in [0.29, 0.717) is 16.6 Å². The minimum Gasteiger partial charge on any atom is -0.496 e. The van der Waals surface area contributed by atoms with Crippen molar-refractivity contribution in [2.75, 3.05) is 19.1 Å². The summed E-state index contributed by atoms with van der Waals surface area (Å²) in [4.78, 5) is 13.1. The fourth-order valence-corrected chi connectivity index (χ4v) is 3.09. The molecule has 0 aliphatic heterocycles. The number of nitrogen functional groups attached to an aromatic ring is 1. The summed E-state index contributed by atoms with van der Waals surface area (Å²) in [5.74, 6) is 1.13. The number of ether oxygens (including phenoxy) is 1. The molecule has 0 saturated heterocycles. The summed E-state index contributed by atoms with van der Waals surface area (Å²) in [5, 5.41) is 1.51. The average molecular weight is 377 g/mol. The molecule has 0 unspecified atom stereocenters. The Balaban J connectivity index is 2.26. The molecule has 7 heteroatoms. The number of nitrogens with two attached hydrogens (primary N) is 1. The Morgan fingerprint density at radius 3 is 2.82 bits per heavy atom. The molecule has 2 N–H and O–H groups in total. The van der Waals surface area contributed by atoms with Crippen molar-refractivity contribution in [3.05, 3.63) is 34.9 Å². The number of rotatable bonds is 3. The topological polar surface area (TPSA) is 73.9 Å². The number of methoxy groups -OCH3 is 1. The van der Waals surface area contributed by atoms with Crippen LogP contribution < -0.4 is 10.5 Å². The van der Waals surface area contributed by atoms with Gasteiger partial charge in [-0.2, -0.15) is 0 Å². The molecule has 0 aliphatic carbocycles. The highest BCUT2D eigenvalue weighted by Crippen LogP contribution is 2.39. The molecule has 3 aromatic rings. The lowest BCUT2D eigenvalue weighted by atomic mass is 10.0. The molecule has 2 heterocycles. The molecule has 0 radical (unpaired) electrons. The van der Waals surface area contributed by atoms with Crippen LogP contribution in [0, 0.1) is 0 Å². The molecule has 112 valence electrons. The SMILES string of the molecule is COc1cccc(Br)c1-c1cc2cnc(SC)nc2nc1N. The molecule has 0 spiro atoms. The Hall–Kier alpha value is -1.86. The van der Waals surface area contributed by atoms with Crippen LogP contribution in [0.4, 0.5) is 5.82 Å². The monoisotopic (exact) mass is 376 g/mol. The maximum absolute atomic E-state index is 6.15. The fourth-order valence-electron chi connectivity index (χ4n) is 2.20. The predicted molar refractivity (Wildman–Crippen MR) is 93.2 cm³/mol. The van der Waals surface area contributed by atoms with E-state index in [4.69, 9.17) is 10.5 Å². The van der Waals surface area contributed by atoms with Crippen LogP contribution in [0.2, 0.25) is 0 Å². The van der Waals surface area contributed by atoms with E-state index < -0.39 is 0 Å². The predicted octanol–water partition coefficient (Wildman–Crippen LogP) is 3.77. The first kappa shape index (κ1) is 15.1. The summed E-state index contributed by atoms with van der Waals surface area (Å²) in [6.07, 6.45) is 3.68. The van der Waals surface area contributed by atoms with Crippen molar-refractivity contribution in [3.8, 4) is 16.9 Å². The molecule has 1 aromatic carbocycles. The molecule has 3 rings (SSSR count). The molecule has 5 nitrogen and oxygen atoms in total. The van der Waals surface area contributed by atoms with E-state index in [1.807, 2.05) is 30.5 Å². The van der Waals surface area contributed by atoms with Crippen LogP contribution in [-0.4, -0.2) is 28.3 Å². The first-order valence-electron chi connectivity index (χ1n) is 6.44. The summed E-state index contributed by atoms with van der Waals surface area (Å²) >= 11 is 5.02. The lowest BCUT2D eigenvalue weighted by Crippen LogP contribution is -1.99. The quantitative estimate of drug-likeness (QED) is 0.553. The zero-order valence-corrected chi connectivity index (χ0v) is 14.4. The van der Waals surface area contributed by atoms with Crippen molar-refractivity contribution in [1.82, 2.24) is 15.0 Å². The van der Waals surface area contributed by atoms with Crippen LogP contribution in [0.25, 0.3) is 22.2 Å². The number of benzene rings is 1. The molecule has 0 saturated carbocycles. The second-order valence-corrected chi connectivity index (χ2v) is 6.14. The molecule has 0 bridgehead atoms. The molecule has 0 amide bonds. The van der Waals surface area contributed by atoms with E-state index in [0.717, 1.165) is 26.7 Å². The summed E-state index contributed by atoms with van der Waals surface area (Å²) < 4.78 is 6.33. The highest BCUT2D eigenvalue weighted by atomic mass is 79.9. The minimum atomic E-state index is 0.406. The first-order chi connectivity index (χ1) is 10.6. The third-order valence-corrected chi connectivity index (χ3v) is 4.45. The summed E-state index contributed by atoms with van der Waals surface area (Å²) in [5.41, 5.74) is 8.39. The second kappa shape index (κ2) is 6.10. The number of halogens is 1. The smallest absolute Gasteiger partial charge is 0.189 e. The zero-order chi connectivity index (χ0) is 15.7. The Bertz CT molecular complexity index is 856. The van der Waals surface area contributed by atoms with Gasteiger partial charge in [0.1, 0.15) is 11.6 Å². The number of nitrogens with zero attached hydrogens (tertiary/aromatic N) is 3. The number of hydrogen-bond donors (Lipinski definition) is 1. The van der Waals surface area contributed by atoms with E-state index in [9.17, 15) is 0 Å². The van der Waals surface area contributed by atoms with Gasteiger partial charge < -0.3 is 10.5 Å². The highest BCUT2D eigenvalue weighted by Gasteiger charge is 2.15. The van der Waals surface area contributed by atoms with Crippen molar-refractivity contribution in [3.63, 3.8) is 0 Å². The van der Waals surface area contributed by atoms with Gasteiger partial charge in [0, 0.05) is 27.2 Å². The molecule has 2 aromatic heterocycles. The Labute approximate surface area is 140 Å². The van der Waals surface area contributed by atoms with Crippen molar-refractivity contribution in [1.29, 1.82) is 0 Å². The number of hydrogen-bond acceptors (Lipinski definition) is 6. The average Bonchev–Trinajstić information content (AvgIpc) is 2.53. The van der Waals surface area contributed by atoms with E-state index >= 15 is 0 Å². The van der Waals surface area contributed by atoms with E-state index in [-0.39, 0.29) is 0 Å². The van der Waals surface area contributed by atoms with Crippen LogP contribution in [0.1, 0.15) is 0 Å². The van der Waals surface area contributed by atoms with Gasteiger partial charge in [-0.05, 0) is 24.5 Å². The normalized spacial score (nSPS) is 10.9. The maximum atomic E-state index is 6.15. The third kappa shape index (κ3) is 2.62. The van der Waals surface area contributed by atoms with Gasteiger partial charge in [0.25, 0.3) is 0 Å². The van der Waals surface area contributed by atoms with Crippen molar-refractivity contribution in [2.45, 2.75) is 5.16 Å². The van der Waals surface area contributed by atoms with Gasteiger partial charge >= 0.3 is 0 Å². The largest absolute Gasteiger partial charge is 0.496 e. The van der Waals surface area contributed by atoms with Crippen LogP contribution in [0.3, 0.4) is 0 Å². The maximum Gasteiger partial charge on any atom is 0.189 e. The summed E-state index contributed by atoms with van der Waals surface area (Å²) in [7, 11) is 1.63. The lowest BCUT2D eigenvalue weighted by Gasteiger charge is -2.13. The third-order valence-electron chi connectivity index (χ3n) is 3.22. The Morgan fingerprint density at radius 2 is 2.09 bits per heavy atom. The number of thioether (sulfide) groups is 1. The Morgan fingerprint density at radius 1 is 1.27 bits per heavy atom. The number of fused-ring (bicyclic) bond motifs is 1. The van der Waals surface area contributed by atoms with Gasteiger partial charge in [0.2, 0.25) is 0 Å². The van der Waals surface area contributed by atoms with E-state index in [1.165, 1.54) is 11.8 Å². The van der Waals surface area contributed by atoms with Crippen molar-refractivity contribution >= 4 is 44.5 Å².